The molecule has 2 aromatic heterocycles. The molecule has 7 heteroatoms. The van der Waals surface area contributed by atoms with E-state index in [1.54, 1.807) is 36.7 Å². The average Bonchev–Trinajstić information content (AvgIpc) is 2.74. The van der Waals surface area contributed by atoms with Crippen LogP contribution in [0.3, 0.4) is 0 Å². The van der Waals surface area contributed by atoms with Gasteiger partial charge in [-0.1, -0.05) is 35.3 Å². The Bertz CT molecular complexity index is 1240. The van der Waals surface area contributed by atoms with Crippen molar-refractivity contribution in [1.82, 2.24) is 15.0 Å². The van der Waals surface area contributed by atoms with Crippen molar-refractivity contribution in [3.05, 3.63) is 99.3 Å². The molecule has 0 aliphatic heterocycles. The van der Waals surface area contributed by atoms with E-state index in [2.05, 4.69) is 15.0 Å². The van der Waals surface area contributed by atoms with E-state index in [1.807, 2.05) is 36.4 Å². The maximum atomic E-state index is 12.3. The number of H-pyrrole nitrogens is 1. The van der Waals surface area contributed by atoms with Crippen LogP contribution in [0.2, 0.25) is 5.02 Å². The molecule has 0 saturated heterocycles. The molecule has 0 spiro atoms. The van der Waals surface area contributed by atoms with Crippen LogP contribution in [0.15, 0.2) is 71.8 Å². The second kappa shape index (κ2) is 8.47. The molecular weight excluding hydrogens is 409 g/mol. The third-order valence-electron chi connectivity index (χ3n) is 4.22. The third kappa shape index (κ3) is 4.65. The highest BCUT2D eigenvalue weighted by Crippen LogP contribution is 2.22. The maximum Gasteiger partial charge on any atom is 0.259 e. The van der Waals surface area contributed by atoms with Gasteiger partial charge in [0.15, 0.2) is 5.82 Å². The minimum absolute atomic E-state index is 0.293. The van der Waals surface area contributed by atoms with E-state index < -0.39 is 0 Å². The molecule has 0 fully saturated rings. The van der Waals surface area contributed by atoms with Crippen molar-refractivity contribution in [3.8, 4) is 5.75 Å². The highest BCUT2D eigenvalue weighted by atomic mass is 35.5. The Morgan fingerprint density at radius 2 is 1.83 bits per heavy atom. The van der Waals surface area contributed by atoms with Gasteiger partial charge in [0.2, 0.25) is 0 Å². The summed E-state index contributed by atoms with van der Waals surface area (Å²) in [6.07, 6.45) is 5.19. The number of nitrogens with zero attached hydrogens (tertiary/aromatic N) is 2. The van der Waals surface area contributed by atoms with Crippen LogP contribution < -0.4 is 10.3 Å². The Balaban J connectivity index is 1.52. The van der Waals surface area contributed by atoms with Gasteiger partial charge in [0.05, 0.1) is 15.9 Å². The standard InChI is InChI=1S/C22H15Cl2N3O2/c23-16-3-6-20-18(12-16)22(28)27-21(26-20)19(24)11-14-1-4-17(5-2-14)29-13-15-7-9-25-10-8-15/h1-12H,13H2,(H,26,27,28)/b19-11-. The molecule has 2 aromatic carbocycles. The molecule has 5 nitrogen and oxygen atoms in total. The van der Waals surface area contributed by atoms with Crippen molar-refractivity contribution >= 4 is 45.2 Å². The molecule has 0 radical (unpaired) electrons. The lowest BCUT2D eigenvalue weighted by atomic mass is 10.2. The molecule has 0 amide bonds. The summed E-state index contributed by atoms with van der Waals surface area (Å²) in [6.45, 7) is 0.463. The fraction of sp³-hybridized carbons (Fsp3) is 0.0455. The first-order valence-electron chi connectivity index (χ1n) is 8.77. The van der Waals surface area contributed by atoms with E-state index in [-0.39, 0.29) is 5.56 Å². The average molecular weight is 424 g/mol. The summed E-state index contributed by atoms with van der Waals surface area (Å²) in [5, 5.41) is 1.22. The summed E-state index contributed by atoms with van der Waals surface area (Å²) >= 11 is 12.3. The first kappa shape index (κ1) is 19.2. The lowest BCUT2D eigenvalue weighted by Crippen LogP contribution is -2.10. The Morgan fingerprint density at radius 3 is 2.59 bits per heavy atom. The lowest BCUT2D eigenvalue weighted by molar-refractivity contribution is 0.306. The van der Waals surface area contributed by atoms with E-state index >= 15 is 0 Å². The fourth-order valence-electron chi connectivity index (χ4n) is 2.74. The fourth-order valence-corrected chi connectivity index (χ4v) is 3.13. The first-order chi connectivity index (χ1) is 14.1. The minimum atomic E-state index is -0.293. The smallest absolute Gasteiger partial charge is 0.259 e. The largest absolute Gasteiger partial charge is 0.489 e. The Morgan fingerprint density at radius 1 is 1.07 bits per heavy atom. The first-order valence-corrected chi connectivity index (χ1v) is 9.53. The topological polar surface area (TPSA) is 67.9 Å². The second-order valence-electron chi connectivity index (χ2n) is 6.28. The van der Waals surface area contributed by atoms with E-state index in [9.17, 15) is 4.79 Å². The number of hydrogen-bond donors (Lipinski definition) is 1. The number of aromatic amines is 1. The van der Waals surface area contributed by atoms with Gasteiger partial charge in [-0.2, -0.15) is 0 Å². The number of benzene rings is 2. The Hall–Kier alpha value is -3.15. The van der Waals surface area contributed by atoms with Gasteiger partial charge < -0.3 is 9.72 Å². The molecule has 0 aliphatic rings. The van der Waals surface area contributed by atoms with Crippen LogP contribution >= 0.6 is 23.2 Å². The minimum Gasteiger partial charge on any atom is -0.489 e. The summed E-state index contributed by atoms with van der Waals surface area (Å²) in [5.41, 5.74) is 2.13. The van der Waals surface area contributed by atoms with Crippen molar-refractivity contribution in [2.24, 2.45) is 0 Å². The molecule has 1 N–H and O–H groups in total. The van der Waals surface area contributed by atoms with Gasteiger partial charge in [-0.25, -0.2) is 4.98 Å². The molecule has 0 bridgehead atoms. The molecule has 2 heterocycles. The van der Waals surface area contributed by atoms with Gasteiger partial charge in [-0.05, 0) is 59.7 Å². The van der Waals surface area contributed by atoms with Crippen LogP contribution in [-0.2, 0) is 6.61 Å². The van der Waals surface area contributed by atoms with Crippen molar-refractivity contribution in [2.45, 2.75) is 6.61 Å². The maximum absolute atomic E-state index is 12.3. The van der Waals surface area contributed by atoms with E-state index in [0.717, 1.165) is 16.9 Å². The SMILES string of the molecule is O=c1[nH]c(/C(Cl)=C/c2ccc(OCc3ccncc3)cc2)nc2ccc(Cl)cc12. The number of fused-ring (bicyclic) bond motifs is 1. The van der Waals surface area contributed by atoms with Gasteiger partial charge in [0.1, 0.15) is 12.4 Å². The van der Waals surface area contributed by atoms with Crippen LogP contribution in [0.5, 0.6) is 5.75 Å². The van der Waals surface area contributed by atoms with Crippen molar-refractivity contribution in [2.75, 3.05) is 0 Å². The zero-order valence-corrected chi connectivity index (χ0v) is 16.6. The molecule has 4 rings (SSSR count). The van der Waals surface area contributed by atoms with Crippen LogP contribution in [0.25, 0.3) is 22.0 Å². The van der Waals surface area contributed by atoms with Gasteiger partial charge in [-0.3, -0.25) is 9.78 Å². The van der Waals surface area contributed by atoms with Gasteiger partial charge in [-0.15, -0.1) is 0 Å². The highest BCUT2D eigenvalue weighted by Gasteiger charge is 2.07. The van der Waals surface area contributed by atoms with E-state index in [0.29, 0.717) is 33.4 Å². The quantitative estimate of drug-likeness (QED) is 0.473. The zero-order valence-electron chi connectivity index (χ0n) is 15.1. The van der Waals surface area contributed by atoms with Crippen molar-refractivity contribution in [3.63, 3.8) is 0 Å². The molecular formula is C22H15Cl2N3O2. The van der Waals surface area contributed by atoms with Gasteiger partial charge >= 0.3 is 0 Å². The molecule has 29 heavy (non-hydrogen) atoms. The highest BCUT2D eigenvalue weighted by molar-refractivity contribution is 6.50. The summed E-state index contributed by atoms with van der Waals surface area (Å²) in [7, 11) is 0. The van der Waals surface area contributed by atoms with Crippen molar-refractivity contribution < 1.29 is 4.74 Å². The van der Waals surface area contributed by atoms with Crippen LogP contribution in [0, 0.1) is 0 Å². The van der Waals surface area contributed by atoms with Gasteiger partial charge in [0, 0.05) is 17.4 Å². The van der Waals surface area contributed by atoms with E-state index in [4.69, 9.17) is 27.9 Å². The Kier molecular flexibility index (Phi) is 5.60. The number of halogens is 2. The lowest BCUT2D eigenvalue weighted by Gasteiger charge is -2.06. The Labute approximate surface area is 176 Å². The number of hydrogen-bond acceptors (Lipinski definition) is 4. The molecule has 4 aromatic rings. The predicted octanol–water partition coefficient (Wildman–Crippen LogP) is 5.29. The van der Waals surface area contributed by atoms with Gasteiger partial charge in [0.25, 0.3) is 5.56 Å². The predicted molar refractivity (Wildman–Crippen MR) is 116 cm³/mol. The van der Waals surface area contributed by atoms with Crippen molar-refractivity contribution in [1.29, 1.82) is 0 Å². The normalized spacial score (nSPS) is 11.6. The third-order valence-corrected chi connectivity index (χ3v) is 4.75. The summed E-state index contributed by atoms with van der Waals surface area (Å²) in [5.74, 6) is 1.04. The molecule has 0 unspecified atom stereocenters. The monoisotopic (exact) mass is 423 g/mol. The number of rotatable bonds is 5. The summed E-state index contributed by atoms with van der Waals surface area (Å²) in [4.78, 5) is 23.4. The molecule has 0 saturated carbocycles. The van der Waals surface area contributed by atoms with Crippen LogP contribution in [0.1, 0.15) is 17.0 Å². The van der Waals surface area contributed by atoms with E-state index in [1.165, 1.54) is 0 Å². The molecule has 0 atom stereocenters. The summed E-state index contributed by atoms with van der Waals surface area (Å²) < 4.78 is 5.76. The number of nitrogens with one attached hydrogen (secondary N) is 1. The zero-order chi connectivity index (χ0) is 20.2. The summed E-state index contributed by atoms with van der Waals surface area (Å²) in [6, 6.07) is 16.2. The second-order valence-corrected chi connectivity index (χ2v) is 7.13. The molecule has 144 valence electrons. The molecule has 0 aliphatic carbocycles. The number of aromatic nitrogens is 3. The van der Waals surface area contributed by atoms with Crippen LogP contribution in [-0.4, -0.2) is 15.0 Å². The number of ether oxygens (including phenoxy) is 1. The number of pyridine rings is 1. The van der Waals surface area contributed by atoms with Crippen LogP contribution in [0.4, 0.5) is 0 Å².